The second-order valence-corrected chi connectivity index (χ2v) is 5.81. The Balaban J connectivity index is 1.94. The van der Waals surface area contributed by atoms with Crippen LogP contribution in [0.25, 0.3) is 6.08 Å². The van der Waals surface area contributed by atoms with E-state index in [4.69, 9.17) is 18.9 Å². The Hall–Kier alpha value is -2.50. The van der Waals surface area contributed by atoms with Crippen LogP contribution in [-0.4, -0.2) is 33.2 Å². The molecule has 1 aliphatic heterocycles. The predicted molar refractivity (Wildman–Crippen MR) is 89.6 cm³/mol. The molecule has 24 heavy (non-hydrogen) atoms. The highest BCUT2D eigenvalue weighted by atomic mass is 16.6. The molecule has 0 N–H and O–H groups in total. The van der Waals surface area contributed by atoms with E-state index in [1.165, 1.54) is 0 Å². The second-order valence-electron chi connectivity index (χ2n) is 5.81. The number of ether oxygens (including phenoxy) is 4. The van der Waals surface area contributed by atoms with E-state index in [0.29, 0.717) is 28.8 Å². The molecule has 0 saturated heterocycles. The van der Waals surface area contributed by atoms with Gasteiger partial charge in [0.1, 0.15) is 0 Å². The van der Waals surface area contributed by atoms with Crippen molar-refractivity contribution in [1.29, 1.82) is 0 Å². The standard InChI is InChI=1S/C18H21NO5/c1-21-14-9-11(10-15(22-2)16(14)23-3)8-13-18(20)24-17(19-13)12-6-4-5-7-12/h8-10,12H,4-7H2,1-3H3/b13-8+. The van der Waals surface area contributed by atoms with E-state index in [-0.39, 0.29) is 5.92 Å². The minimum absolute atomic E-state index is 0.264. The summed E-state index contributed by atoms with van der Waals surface area (Å²) in [5.41, 5.74) is 1.03. The molecule has 6 nitrogen and oxygen atoms in total. The Labute approximate surface area is 141 Å². The van der Waals surface area contributed by atoms with Crippen molar-refractivity contribution in [3.8, 4) is 17.2 Å². The van der Waals surface area contributed by atoms with Crippen molar-refractivity contribution >= 4 is 17.9 Å². The normalized spacial score (nSPS) is 19.4. The highest BCUT2D eigenvalue weighted by Gasteiger charge is 2.31. The number of carbonyl (C=O) groups excluding carboxylic acids is 1. The molecule has 1 aliphatic carbocycles. The number of aliphatic imine (C=N–C) groups is 1. The third-order valence-electron chi connectivity index (χ3n) is 4.33. The lowest BCUT2D eigenvalue weighted by atomic mass is 10.1. The number of hydrogen-bond acceptors (Lipinski definition) is 6. The summed E-state index contributed by atoms with van der Waals surface area (Å²) in [6.45, 7) is 0. The molecule has 0 aromatic heterocycles. The number of benzene rings is 1. The first-order valence-electron chi connectivity index (χ1n) is 7.98. The van der Waals surface area contributed by atoms with Crippen LogP contribution in [0.3, 0.4) is 0 Å². The Bertz CT molecular complexity index is 676. The van der Waals surface area contributed by atoms with Gasteiger partial charge >= 0.3 is 5.97 Å². The number of esters is 1. The van der Waals surface area contributed by atoms with Gasteiger partial charge in [0.2, 0.25) is 11.6 Å². The third-order valence-corrected chi connectivity index (χ3v) is 4.33. The summed E-state index contributed by atoms with van der Waals surface area (Å²) < 4.78 is 21.3. The molecular weight excluding hydrogens is 310 g/mol. The molecule has 3 rings (SSSR count). The van der Waals surface area contributed by atoms with Crippen LogP contribution in [-0.2, 0) is 9.53 Å². The van der Waals surface area contributed by atoms with Crippen LogP contribution in [0.4, 0.5) is 0 Å². The first kappa shape index (κ1) is 16.4. The molecule has 0 radical (unpaired) electrons. The number of nitrogens with zero attached hydrogens (tertiary/aromatic N) is 1. The first-order valence-corrected chi connectivity index (χ1v) is 7.98. The first-order chi connectivity index (χ1) is 11.7. The smallest absolute Gasteiger partial charge is 0.363 e. The zero-order chi connectivity index (χ0) is 17.1. The molecule has 1 aromatic carbocycles. The fraction of sp³-hybridized carbons (Fsp3) is 0.444. The highest BCUT2D eigenvalue weighted by molar-refractivity contribution is 6.07. The molecule has 1 saturated carbocycles. The predicted octanol–water partition coefficient (Wildman–Crippen LogP) is 3.20. The summed E-state index contributed by atoms with van der Waals surface area (Å²) in [4.78, 5) is 16.5. The van der Waals surface area contributed by atoms with Gasteiger partial charge in [0.25, 0.3) is 0 Å². The molecule has 1 fully saturated rings. The Kier molecular flexibility index (Phi) is 4.74. The summed E-state index contributed by atoms with van der Waals surface area (Å²) in [6.07, 6.45) is 6.06. The zero-order valence-corrected chi connectivity index (χ0v) is 14.1. The molecule has 1 heterocycles. The van der Waals surface area contributed by atoms with E-state index in [2.05, 4.69) is 4.99 Å². The van der Waals surface area contributed by atoms with Gasteiger partial charge in [0.15, 0.2) is 17.2 Å². The maximum Gasteiger partial charge on any atom is 0.363 e. The Morgan fingerprint density at radius 2 is 1.71 bits per heavy atom. The lowest BCUT2D eigenvalue weighted by molar-refractivity contribution is -0.130. The van der Waals surface area contributed by atoms with Crippen LogP contribution >= 0.6 is 0 Å². The SMILES string of the molecule is COc1cc(/C=C2/N=C(C3CCCC3)OC2=O)cc(OC)c1OC. The number of methoxy groups -OCH3 is 3. The lowest BCUT2D eigenvalue weighted by Gasteiger charge is -2.12. The van der Waals surface area contributed by atoms with Crippen molar-refractivity contribution in [1.82, 2.24) is 0 Å². The van der Waals surface area contributed by atoms with Crippen LogP contribution < -0.4 is 14.2 Å². The van der Waals surface area contributed by atoms with Gasteiger partial charge in [-0.3, -0.25) is 0 Å². The summed E-state index contributed by atoms with van der Waals surface area (Å²) in [6, 6.07) is 3.54. The molecule has 0 unspecified atom stereocenters. The molecule has 0 spiro atoms. The summed E-state index contributed by atoms with van der Waals surface area (Å²) >= 11 is 0. The largest absolute Gasteiger partial charge is 0.493 e. The summed E-state index contributed by atoms with van der Waals surface area (Å²) in [5, 5.41) is 0. The number of rotatable bonds is 5. The van der Waals surface area contributed by atoms with E-state index in [0.717, 1.165) is 31.2 Å². The van der Waals surface area contributed by atoms with Crippen molar-refractivity contribution in [2.24, 2.45) is 10.9 Å². The van der Waals surface area contributed by atoms with Crippen LogP contribution in [0.5, 0.6) is 17.2 Å². The zero-order valence-electron chi connectivity index (χ0n) is 14.1. The highest BCUT2D eigenvalue weighted by Crippen LogP contribution is 2.39. The topological polar surface area (TPSA) is 66.4 Å². The van der Waals surface area contributed by atoms with Crippen LogP contribution in [0.1, 0.15) is 31.2 Å². The monoisotopic (exact) mass is 331 g/mol. The summed E-state index contributed by atoms with van der Waals surface area (Å²) in [7, 11) is 4.65. The van der Waals surface area contributed by atoms with Gasteiger partial charge < -0.3 is 18.9 Å². The minimum Gasteiger partial charge on any atom is -0.493 e. The molecule has 2 aliphatic rings. The average molecular weight is 331 g/mol. The van der Waals surface area contributed by atoms with Crippen molar-refractivity contribution < 1.29 is 23.7 Å². The van der Waals surface area contributed by atoms with Gasteiger partial charge in [0.05, 0.1) is 21.3 Å². The molecule has 6 heteroatoms. The van der Waals surface area contributed by atoms with E-state index in [1.807, 2.05) is 0 Å². The molecule has 128 valence electrons. The van der Waals surface area contributed by atoms with Gasteiger partial charge in [-0.2, -0.15) is 0 Å². The van der Waals surface area contributed by atoms with Crippen LogP contribution in [0, 0.1) is 5.92 Å². The van der Waals surface area contributed by atoms with E-state index < -0.39 is 5.97 Å². The fourth-order valence-electron chi connectivity index (χ4n) is 3.12. The van der Waals surface area contributed by atoms with E-state index in [9.17, 15) is 4.79 Å². The maximum absolute atomic E-state index is 12.1. The van der Waals surface area contributed by atoms with E-state index >= 15 is 0 Å². The molecule has 0 bridgehead atoms. The molecule has 1 aromatic rings. The third kappa shape index (κ3) is 3.09. The molecule has 0 atom stereocenters. The van der Waals surface area contributed by atoms with Gasteiger partial charge in [-0.15, -0.1) is 0 Å². The van der Waals surface area contributed by atoms with Crippen molar-refractivity contribution in [3.63, 3.8) is 0 Å². The van der Waals surface area contributed by atoms with Gasteiger partial charge in [-0.1, -0.05) is 12.8 Å². The Morgan fingerprint density at radius 3 is 2.25 bits per heavy atom. The van der Waals surface area contributed by atoms with Crippen molar-refractivity contribution in [2.45, 2.75) is 25.7 Å². The van der Waals surface area contributed by atoms with Crippen LogP contribution in [0.2, 0.25) is 0 Å². The minimum atomic E-state index is -0.411. The lowest BCUT2D eigenvalue weighted by Crippen LogP contribution is -2.12. The van der Waals surface area contributed by atoms with Gasteiger partial charge in [-0.25, -0.2) is 9.79 Å². The van der Waals surface area contributed by atoms with Crippen LogP contribution in [0.15, 0.2) is 22.8 Å². The quantitative estimate of drug-likeness (QED) is 0.612. The Morgan fingerprint density at radius 1 is 1.08 bits per heavy atom. The van der Waals surface area contributed by atoms with Crippen molar-refractivity contribution in [3.05, 3.63) is 23.4 Å². The average Bonchev–Trinajstić information content (AvgIpc) is 3.24. The van der Waals surface area contributed by atoms with Crippen molar-refractivity contribution in [2.75, 3.05) is 21.3 Å². The fourth-order valence-corrected chi connectivity index (χ4v) is 3.12. The molecule has 0 amide bonds. The number of carbonyl (C=O) groups is 1. The van der Waals surface area contributed by atoms with Gasteiger partial charge in [0, 0.05) is 5.92 Å². The number of cyclic esters (lactones) is 1. The maximum atomic E-state index is 12.1. The second kappa shape index (κ2) is 6.95. The summed E-state index contributed by atoms with van der Waals surface area (Å²) in [5.74, 6) is 1.96. The van der Waals surface area contributed by atoms with Gasteiger partial charge in [-0.05, 0) is 36.6 Å². The number of hydrogen-bond donors (Lipinski definition) is 0. The molecular formula is C18H21NO5. The van der Waals surface area contributed by atoms with E-state index in [1.54, 1.807) is 39.5 Å².